The van der Waals surface area contributed by atoms with Crippen molar-refractivity contribution in [3.63, 3.8) is 0 Å². The van der Waals surface area contributed by atoms with Gasteiger partial charge in [-0.15, -0.1) is 0 Å². The highest BCUT2D eigenvalue weighted by molar-refractivity contribution is 5.25. The van der Waals surface area contributed by atoms with Crippen LogP contribution in [0.1, 0.15) is 44.2 Å². The second kappa shape index (κ2) is 8.28. The van der Waals surface area contributed by atoms with E-state index in [1.807, 2.05) is 0 Å². The molecule has 0 spiro atoms. The molecule has 0 aliphatic carbocycles. The zero-order valence-electron chi connectivity index (χ0n) is 12.1. The second-order valence-electron chi connectivity index (χ2n) is 5.35. The minimum Gasteiger partial charge on any atom is -0.330 e. The smallest absolute Gasteiger partial charge is 0.000823 e. The van der Waals surface area contributed by atoms with Gasteiger partial charge in [-0.1, -0.05) is 45.0 Å². The summed E-state index contributed by atoms with van der Waals surface area (Å²) in [6.45, 7) is 9.50. The van der Waals surface area contributed by atoms with E-state index < -0.39 is 0 Å². The van der Waals surface area contributed by atoms with Crippen LogP contribution in [0.15, 0.2) is 24.3 Å². The summed E-state index contributed by atoms with van der Waals surface area (Å²) in [6.07, 6.45) is 2.30. The fraction of sp³-hybridized carbons (Fsp3) is 0.625. The Kier molecular flexibility index (Phi) is 6.99. The Morgan fingerprint density at radius 3 is 2.39 bits per heavy atom. The molecule has 1 aromatic rings. The van der Waals surface area contributed by atoms with E-state index in [2.05, 4.69) is 50.4 Å². The maximum atomic E-state index is 5.58. The molecular weight excluding hydrogens is 220 g/mol. The molecule has 1 rings (SSSR count). The molecule has 1 aromatic carbocycles. The largest absolute Gasteiger partial charge is 0.330 e. The van der Waals surface area contributed by atoms with E-state index in [4.69, 9.17) is 5.73 Å². The zero-order chi connectivity index (χ0) is 13.4. The van der Waals surface area contributed by atoms with Gasteiger partial charge in [0, 0.05) is 0 Å². The van der Waals surface area contributed by atoms with Crippen molar-refractivity contribution >= 4 is 0 Å². The zero-order valence-corrected chi connectivity index (χ0v) is 12.1. The van der Waals surface area contributed by atoms with Crippen LogP contribution in [-0.4, -0.2) is 19.6 Å². The van der Waals surface area contributed by atoms with Gasteiger partial charge in [-0.3, -0.25) is 0 Å². The highest BCUT2D eigenvalue weighted by Crippen LogP contribution is 2.18. The lowest BCUT2D eigenvalue weighted by Gasteiger charge is -2.11. The van der Waals surface area contributed by atoms with Crippen LogP contribution in [-0.2, 0) is 6.42 Å². The highest BCUT2D eigenvalue weighted by Gasteiger charge is 2.02. The van der Waals surface area contributed by atoms with Crippen LogP contribution >= 0.6 is 0 Å². The van der Waals surface area contributed by atoms with Crippen LogP contribution in [0, 0.1) is 5.92 Å². The van der Waals surface area contributed by atoms with E-state index in [9.17, 15) is 0 Å². The van der Waals surface area contributed by atoms with Gasteiger partial charge in [0.1, 0.15) is 0 Å². The normalized spacial score (nSPS) is 14.4. The molecule has 0 heterocycles. The van der Waals surface area contributed by atoms with Gasteiger partial charge < -0.3 is 11.1 Å². The van der Waals surface area contributed by atoms with Crippen molar-refractivity contribution in [1.82, 2.24) is 5.32 Å². The fourth-order valence-electron chi connectivity index (χ4n) is 1.91. The molecule has 2 heteroatoms. The van der Waals surface area contributed by atoms with E-state index in [0.29, 0.717) is 11.8 Å². The topological polar surface area (TPSA) is 38.0 Å². The summed E-state index contributed by atoms with van der Waals surface area (Å²) in [6, 6.07) is 9.06. The molecule has 0 aliphatic heterocycles. The van der Waals surface area contributed by atoms with Crippen molar-refractivity contribution in [2.24, 2.45) is 11.7 Å². The first kappa shape index (κ1) is 15.2. The van der Waals surface area contributed by atoms with Crippen LogP contribution in [0.2, 0.25) is 0 Å². The number of nitrogens with two attached hydrogens (primary N) is 1. The molecule has 0 saturated carbocycles. The molecule has 0 radical (unpaired) electrons. The first-order chi connectivity index (χ1) is 8.67. The fourth-order valence-corrected chi connectivity index (χ4v) is 1.91. The van der Waals surface area contributed by atoms with Gasteiger partial charge in [0.25, 0.3) is 0 Å². The lowest BCUT2D eigenvalue weighted by atomic mass is 9.97. The Hall–Kier alpha value is -0.860. The molecule has 2 atom stereocenters. The summed E-state index contributed by atoms with van der Waals surface area (Å²) in [5.74, 6) is 1.24. The number of benzene rings is 1. The monoisotopic (exact) mass is 248 g/mol. The third kappa shape index (κ3) is 5.19. The summed E-state index contributed by atoms with van der Waals surface area (Å²) >= 11 is 0. The van der Waals surface area contributed by atoms with Gasteiger partial charge in [-0.2, -0.15) is 0 Å². The van der Waals surface area contributed by atoms with Gasteiger partial charge in [-0.05, 0) is 55.4 Å². The molecule has 0 aromatic heterocycles. The van der Waals surface area contributed by atoms with Gasteiger partial charge in [-0.25, -0.2) is 0 Å². The Labute approximate surface area is 112 Å². The first-order valence-electron chi connectivity index (χ1n) is 7.17. The predicted molar refractivity (Wildman–Crippen MR) is 79.9 cm³/mol. The molecule has 0 saturated heterocycles. The van der Waals surface area contributed by atoms with Crippen molar-refractivity contribution in [2.75, 3.05) is 19.6 Å². The first-order valence-corrected chi connectivity index (χ1v) is 7.17. The van der Waals surface area contributed by atoms with E-state index in [1.54, 1.807) is 0 Å². The second-order valence-corrected chi connectivity index (χ2v) is 5.35. The number of rotatable bonds is 8. The van der Waals surface area contributed by atoms with E-state index in [-0.39, 0.29) is 0 Å². The molecule has 0 fully saturated rings. The van der Waals surface area contributed by atoms with Crippen molar-refractivity contribution in [1.29, 1.82) is 0 Å². The van der Waals surface area contributed by atoms with Crippen molar-refractivity contribution in [3.8, 4) is 0 Å². The third-order valence-electron chi connectivity index (χ3n) is 3.65. The van der Waals surface area contributed by atoms with Crippen LogP contribution in [0.25, 0.3) is 0 Å². The summed E-state index contributed by atoms with van der Waals surface area (Å²) in [5.41, 5.74) is 8.45. The van der Waals surface area contributed by atoms with Gasteiger partial charge in [0.2, 0.25) is 0 Å². The molecule has 2 nitrogen and oxygen atoms in total. The molecule has 18 heavy (non-hydrogen) atoms. The lowest BCUT2D eigenvalue weighted by molar-refractivity contribution is 0.524. The average molecular weight is 248 g/mol. The van der Waals surface area contributed by atoms with Crippen LogP contribution in [0.4, 0.5) is 0 Å². The van der Waals surface area contributed by atoms with Crippen LogP contribution in [0.5, 0.6) is 0 Å². The molecule has 2 unspecified atom stereocenters. The van der Waals surface area contributed by atoms with Gasteiger partial charge in [0.15, 0.2) is 0 Å². The molecular formula is C16H28N2. The minimum absolute atomic E-state index is 0.567. The lowest BCUT2D eigenvalue weighted by Crippen LogP contribution is -2.27. The Morgan fingerprint density at radius 1 is 1.17 bits per heavy atom. The van der Waals surface area contributed by atoms with Crippen molar-refractivity contribution in [2.45, 2.75) is 39.5 Å². The maximum absolute atomic E-state index is 5.58. The summed E-state index contributed by atoms with van der Waals surface area (Å²) < 4.78 is 0. The predicted octanol–water partition coefficient (Wildman–Crippen LogP) is 2.93. The van der Waals surface area contributed by atoms with Gasteiger partial charge >= 0.3 is 0 Å². The standard InChI is InChI=1S/C16H28N2/c1-4-14(3)16-7-5-15(6-8-16)9-10-18-12-13(2)11-17/h5-8,13-14,18H,4,9-12,17H2,1-3H3. The third-order valence-corrected chi connectivity index (χ3v) is 3.65. The molecule has 0 aliphatic rings. The van der Waals surface area contributed by atoms with E-state index >= 15 is 0 Å². The summed E-state index contributed by atoms with van der Waals surface area (Å²) in [4.78, 5) is 0. The van der Waals surface area contributed by atoms with Crippen molar-refractivity contribution < 1.29 is 0 Å². The minimum atomic E-state index is 0.567. The highest BCUT2D eigenvalue weighted by atomic mass is 14.9. The van der Waals surface area contributed by atoms with E-state index in [0.717, 1.165) is 26.1 Å². The van der Waals surface area contributed by atoms with Crippen LogP contribution < -0.4 is 11.1 Å². The average Bonchev–Trinajstić information content (AvgIpc) is 2.43. The molecule has 0 amide bonds. The Balaban J connectivity index is 2.31. The summed E-state index contributed by atoms with van der Waals surface area (Å²) in [7, 11) is 0. The number of nitrogens with one attached hydrogen (secondary N) is 1. The van der Waals surface area contributed by atoms with Crippen molar-refractivity contribution in [3.05, 3.63) is 35.4 Å². The Bertz CT molecular complexity index is 318. The molecule has 102 valence electrons. The maximum Gasteiger partial charge on any atom is -0.000823 e. The number of hydrogen-bond donors (Lipinski definition) is 2. The number of hydrogen-bond acceptors (Lipinski definition) is 2. The quantitative estimate of drug-likeness (QED) is 0.694. The Morgan fingerprint density at radius 2 is 1.83 bits per heavy atom. The summed E-state index contributed by atoms with van der Waals surface area (Å²) in [5, 5.41) is 3.45. The SMILES string of the molecule is CCC(C)c1ccc(CCNCC(C)CN)cc1. The molecule has 3 N–H and O–H groups in total. The van der Waals surface area contributed by atoms with E-state index in [1.165, 1.54) is 17.5 Å². The molecule has 0 bridgehead atoms. The van der Waals surface area contributed by atoms with Gasteiger partial charge in [0.05, 0.1) is 0 Å². The van der Waals surface area contributed by atoms with Crippen LogP contribution in [0.3, 0.4) is 0 Å².